The quantitative estimate of drug-likeness (QED) is 0.300. The number of aromatic nitrogens is 2. The van der Waals surface area contributed by atoms with E-state index >= 15 is 0 Å². The fourth-order valence-electron chi connectivity index (χ4n) is 3.41. The molecule has 0 radical (unpaired) electrons. The zero-order valence-corrected chi connectivity index (χ0v) is 20.6. The summed E-state index contributed by atoms with van der Waals surface area (Å²) >= 11 is 17.2. The third-order valence-corrected chi connectivity index (χ3v) is 6.64. The van der Waals surface area contributed by atoms with Gasteiger partial charge in [0.2, 0.25) is 0 Å². The summed E-state index contributed by atoms with van der Waals surface area (Å²) in [6.07, 6.45) is 1.68. The van der Waals surface area contributed by atoms with Gasteiger partial charge in [-0.2, -0.15) is 0 Å². The predicted molar refractivity (Wildman–Crippen MR) is 132 cm³/mol. The highest BCUT2D eigenvalue weighted by Gasteiger charge is 2.25. The molecule has 5 nitrogen and oxygen atoms in total. The van der Waals surface area contributed by atoms with Crippen molar-refractivity contribution in [3.63, 3.8) is 0 Å². The number of imidazole rings is 1. The second-order valence-electron chi connectivity index (χ2n) is 7.91. The maximum Gasteiger partial charge on any atom is 0.146 e. The van der Waals surface area contributed by atoms with Crippen molar-refractivity contribution in [3.05, 3.63) is 87.6 Å². The van der Waals surface area contributed by atoms with Crippen LogP contribution in [0, 0.1) is 0 Å². The van der Waals surface area contributed by atoms with Crippen LogP contribution in [0.15, 0.2) is 71.8 Å². The summed E-state index contributed by atoms with van der Waals surface area (Å²) in [7, 11) is 0. The van der Waals surface area contributed by atoms with Crippen LogP contribution in [0.25, 0.3) is 28.2 Å². The summed E-state index contributed by atoms with van der Waals surface area (Å²) in [6.45, 7) is 3.27. The molecule has 33 heavy (non-hydrogen) atoms. The predicted octanol–water partition coefficient (Wildman–Crippen LogP) is 6.63. The molecule has 3 aromatic carbocycles. The second-order valence-corrected chi connectivity index (χ2v) is 10.1. The molecule has 1 unspecified atom stereocenters. The fourth-order valence-corrected chi connectivity index (χ4v) is 4.67. The molecule has 0 bridgehead atoms. The van der Waals surface area contributed by atoms with E-state index in [0.717, 1.165) is 5.56 Å². The summed E-state index contributed by atoms with van der Waals surface area (Å²) < 4.78 is 24.4. The zero-order valence-electron chi connectivity index (χ0n) is 17.6. The Morgan fingerprint density at radius 1 is 0.939 bits per heavy atom. The Kier molecular flexibility index (Phi) is 6.69. The van der Waals surface area contributed by atoms with Gasteiger partial charge in [-0.1, -0.05) is 59.1 Å². The van der Waals surface area contributed by atoms with Crippen LogP contribution in [-0.4, -0.2) is 23.4 Å². The van der Waals surface area contributed by atoms with Crippen molar-refractivity contribution in [1.29, 1.82) is 0 Å². The van der Waals surface area contributed by atoms with Crippen molar-refractivity contribution < 1.29 is 13.9 Å². The van der Waals surface area contributed by atoms with Crippen LogP contribution < -0.4 is 0 Å². The van der Waals surface area contributed by atoms with Crippen molar-refractivity contribution in [1.82, 2.24) is 9.55 Å². The smallest absolute Gasteiger partial charge is 0.146 e. The zero-order chi connectivity index (χ0) is 23.9. The Labute approximate surface area is 208 Å². The van der Waals surface area contributed by atoms with Gasteiger partial charge in [0, 0.05) is 16.7 Å². The van der Waals surface area contributed by atoms with Crippen molar-refractivity contribution in [2.75, 3.05) is 0 Å². The van der Waals surface area contributed by atoms with E-state index in [2.05, 4.69) is 4.98 Å². The minimum Gasteiger partial charge on any atom is -0.768 e. The highest BCUT2D eigenvalue weighted by molar-refractivity contribution is 7.79. The molecule has 1 heterocycles. The van der Waals surface area contributed by atoms with Crippen LogP contribution in [0.4, 0.5) is 0 Å². The number of para-hydroxylation sites is 1. The number of benzene rings is 3. The average Bonchev–Trinajstić information content (AvgIpc) is 3.19. The first-order valence-corrected chi connectivity index (χ1v) is 12.0. The number of nitrogens with zero attached hydrogens (tertiary/aromatic N) is 2. The lowest BCUT2D eigenvalue weighted by Crippen LogP contribution is -2.15. The van der Waals surface area contributed by atoms with Gasteiger partial charge in [-0.15, -0.1) is 0 Å². The molecule has 0 spiro atoms. The minimum absolute atomic E-state index is 0.187. The van der Waals surface area contributed by atoms with Crippen LogP contribution >= 0.6 is 34.8 Å². The molecular formula is C24H18Cl3N2O3S-. The molecule has 0 saturated heterocycles. The number of halogens is 3. The number of rotatable bonds is 5. The van der Waals surface area contributed by atoms with Crippen molar-refractivity contribution in [2.45, 2.75) is 24.3 Å². The highest BCUT2D eigenvalue weighted by Crippen LogP contribution is 2.38. The summed E-state index contributed by atoms with van der Waals surface area (Å²) in [5.74, 6) is 0.452. The maximum absolute atomic E-state index is 11.3. The summed E-state index contributed by atoms with van der Waals surface area (Å²) in [5.41, 5.74) is 1.76. The monoisotopic (exact) mass is 519 g/mol. The van der Waals surface area contributed by atoms with Gasteiger partial charge in [0.1, 0.15) is 11.4 Å². The van der Waals surface area contributed by atoms with E-state index in [9.17, 15) is 13.9 Å². The first kappa shape index (κ1) is 24.0. The molecule has 0 aliphatic heterocycles. The van der Waals surface area contributed by atoms with E-state index in [1.165, 1.54) is 6.07 Å². The Hall–Kier alpha value is -2.19. The van der Waals surface area contributed by atoms with Gasteiger partial charge >= 0.3 is 0 Å². The molecule has 0 aliphatic carbocycles. The molecule has 4 rings (SSSR count). The average molecular weight is 521 g/mol. The van der Waals surface area contributed by atoms with Crippen LogP contribution in [0.2, 0.25) is 15.1 Å². The Morgan fingerprint density at radius 2 is 1.58 bits per heavy atom. The molecule has 0 amide bonds. The molecule has 9 heteroatoms. The molecule has 0 aliphatic rings. The summed E-state index contributed by atoms with van der Waals surface area (Å²) in [4.78, 5) is 4.83. The Morgan fingerprint density at radius 3 is 2.18 bits per heavy atom. The topological polar surface area (TPSA) is 78.2 Å². The van der Waals surface area contributed by atoms with E-state index in [1.54, 1.807) is 73.1 Å². The van der Waals surface area contributed by atoms with Crippen LogP contribution in [0.5, 0.6) is 0 Å². The molecule has 1 atom stereocenters. The molecule has 0 saturated carbocycles. The largest absolute Gasteiger partial charge is 0.768 e. The second kappa shape index (κ2) is 9.22. The van der Waals surface area contributed by atoms with E-state index < -0.39 is 16.7 Å². The lowest BCUT2D eigenvalue weighted by Gasteiger charge is -2.14. The Bertz CT molecular complexity index is 1360. The Balaban J connectivity index is 1.88. The van der Waals surface area contributed by atoms with E-state index in [1.807, 2.05) is 6.07 Å². The van der Waals surface area contributed by atoms with Crippen molar-refractivity contribution in [2.24, 2.45) is 0 Å². The van der Waals surface area contributed by atoms with Gasteiger partial charge in [-0.25, -0.2) is 4.98 Å². The summed E-state index contributed by atoms with van der Waals surface area (Å²) in [5, 5.41) is 11.8. The molecular weight excluding hydrogens is 503 g/mol. The van der Waals surface area contributed by atoms with Crippen LogP contribution in [0.3, 0.4) is 0 Å². The van der Waals surface area contributed by atoms with Gasteiger partial charge < -0.3 is 9.66 Å². The highest BCUT2D eigenvalue weighted by atomic mass is 35.5. The third-order valence-electron chi connectivity index (χ3n) is 5.08. The normalized spacial score (nSPS) is 12.7. The molecule has 1 aromatic heterocycles. The van der Waals surface area contributed by atoms with Crippen LogP contribution in [0.1, 0.15) is 19.5 Å². The standard InChI is InChI=1S/C24H19Cl3N2O3S/c1-24(2,30)21-13-29(22-18(25)7-4-8-19(22)26)23(28-21)17-10-9-15(12-20(17)27)14-5-3-6-16(11-14)33(31)32/h3-13,30H,1-2H3,(H,31,32)/p-1. The molecule has 170 valence electrons. The molecule has 0 fully saturated rings. The van der Waals surface area contributed by atoms with E-state index in [4.69, 9.17) is 34.8 Å². The van der Waals surface area contributed by atoms with Crippen molar-refractivity contribution in [3.8, 4) is 28.2 Å². The van der Waals surface area contributed by atoms with Gasteiger partial charge in [0.05, 0.1) is 26.4 Å². The first-order valence-electron chi connectivity index (χ1n) is 9.82. The number of aliphatic hydroxyl groups is 1. The SMILES string of the molecule is CC(C)(O)c1cn(-c2c(Cl)cccc2Cl)c(-c2ccc(-c3cccc(S(=O)[O-])c3)cc2Cl)n1. The number of hydrogen-bond donors (Lipinski definition) is 1. The van der Waals surface area contributed by atoms with Crippen molar-refractivity contribution >= 4 is 45.9 Å². The van der Waals surface area contributed by atoms with Gasteiger partial charge in [0.15, 0.2) is 0 Å². The van der Waals surface area contributed by atoms with E-state index in [0.29, 0.717) is 43.4 Å². The number of hydrogen-bond acceptors (Lipinski definition) is 4. The maximum atomic E-state index is 11.3. The van der Waals surface area contributed by atoms with Crippen LogP contribution in [-0.2, 0) is 16.7 Å². The van der Waals surface area contributed by atoms with Gasteiger partial charge in [-0.05, 0) is 72.5 Å². The molecule has 1 N–H and O–H groups in total. The third kappa shape index (κ3) is 4.87. The van der Waals surface area contributed by atoms with Gasteiger partial charge in [-0.3, -0.25) is 8.78 Å². The molecule has 4 aromatic rings. The summed E-state index contributed by atoms with van der Waals surface area (Å²) in [6, 6.07) is 17.1. The fraction of sp³-hybridized carbons (Fsp3) is 0.125. The first-order chi connectivity index (χ1) is 15.6. The van der Waals surface area contributed by atoms with E-state index in [-0.39, 0.29) is 4.90 Å². The van der Waals surface area contributed by atoms with Gasteiger partial charge in [0.25, 0.3) is 0 Å². The minimum atomic E-state index is -2.33. The lowest BCUT2D eigenvalue weighted by molar-refractivity contribution is 0.0743. The lowest BCUT2D eigenvalue weighted by atomic mass is 10.0.